The van der Waals surface area contributed by atoms with Crippen molar-refractivity contribution >= 4 is 121 Å². The number of aromatic nitrogens is 4. The molecule has 4 heterocycles. The molecule has 0 saturated heterocycles. The van der Waals surface area contributed by atoms with Gasteiger partial charge < -0.3 is 18.9 Å². The SMILES string of the molecule is CC(C)(C)c1ccc(Oc2cc3c(=O)n4c5cc6c(cc5nc4c4cc(Oc5ccc(C(C)(C)C)cc5)c5c7c(Oc8ccc(C(C)(C)C)cc8)cc8c9c(cc(Oc%10ccc(C(C)(C)C)cc%10)c(c2c5c34)c79)c(=O)n2c3cc4c(cc3nc82)C(=O)c2ccccc2C4=O)C(=O)c2ccccc2C6=O)cc1. The molecule has 0 saturated carbocycles. The molecule has 0 N–H and O–H groups in total. The number of ketones is 4. The van der Waals surface area contributed by atoms with Gasteiger partial charge in [-0.3, -0.25) is 37.6 Å². The highest BCUT2D eigenvalue weighted by molar-refractivity contribution is 6.45. The molecule has 4 aromatic heterocycles. The Kier molecular flexibility index (Phi) is 13.3. The molecule has 0 bridgehead atoms. The van der Waals surface area contributed by atoms with Gasteiger partial charge in [-0.25, -0.2) is 9.97 Å². The van der Waals surface area contributed by atoms with E-state index in [1.54, 1.807) is 84.9 Å². The molecule has 14 heteroatoms. The van der Waals surface area contributed by atoms with Crippen LogP contribution in [0, 0.1) is 0 Å². The quantitative estimate of drug-likeness (QED) is 0.104. The van der Waals surface area contributed by atoms with Crippen molar-refractivity contribution in [1.29, 1.82) is 0 Å². The van der Waals surface area contributed by atoms with Gasteiger partial charge in [-0.05, 0) is 141 Å². The summed E-state index contributed by atoms with van der Waals surface area (Å²) in [4.78, 5) is 102. The molecule has 0 atom stereocenters. The Morgan fingerprint density at radius 3 is 0.764 bits per heavy atom. The first-order chi connectivity index (χ1) is 50.5. The zero-order valence-electron chi connectivity index (χ0n) is 60.3. The standard InChI is InChI=1S/C92H68N4O10/c1-89(2,3)45-21-29-49(30-22-45)103-69-41-61-73-63(87(101)95-67-39-59-57(37-65(67)93-85(61)95)81(97)53-17-13-15-19-55(53)83(59)99)43-71(105-51-33-25-47(26-34-51)91(7,8)9)77-78-72(106-52-35-27-48(28-36-52)92(10,11)12)44-64-74-62(42-70(76(80(74)78)75(69)79(73)77)104-50-31-23-46(24-32-50)90(4,5)6)86-94-66-38-58-60(40-68(66)96(86)88(64)102)84(100)56-20-16-14-18-54(56)82(58)98/h13-44H,1-12H3. The fourth-order valence-electron chi connectivity index (χ4n) is 16.1. The minimum atomic E-state index is -0.489. The lowest BCUT2D eigenvalue weighted by Crippen LogP contribution is -2.21. The smallest absolute Gasteiger partial charge is 0.264 e. The van der Waals surface area contributed by atoms with E-state index in [-0.39, 0.29) is 123 Å². The topological polar surface area (TPSA) is 174 Å². The van der Waals surface area contributed by atoms with Gasteiger partial charge in [0.1, 0.15) is 57.3 Å². The van der Waals surface area contributed by atoms with E-state index >= 15 is 9.59 Å². The molecule has 106 heavy (non-hydrogen) atoms. The maximum Gasteiger partial charge on any atom is 0.264 e. The Morgan fingerprint density at radius 2 is 0.509 bits per heavy atom. The van der Waals surface area contributed by atoms with Crippen LogP contribution in [-0.2, 0) is 21.7 Å². The fraction of sp³-hybridized carbons (Fsp3) is 0.174. The summed E-state index contributed by atoms with van der Waals surface area (Å²) >= 11 is 0. The lowest BCUT2D eigenvalue weighted by atomic mass is 9.84. The third kappa shape index (κ3) is 9.41. The lowest BCUT2D eigenvalue weighted by Gasteiger charge is -2.26. The van der Waals surface area contributed by atoms with Crippen LogP contribution in [0.5, 0.6) is 46.0 Å². The number of benzene rings is 13. The molecule has 0 spiro atoms. The number of rotatable bonds is 8. The molecule has 2 aliphatic carbocycles. The van der Waals surface area contributed by atoms with Crippen LogP contribution in [0.1, 0.15) is 169 Å². The van der Waals surface area contributed by atoms with Crippen molar-refractivity contribution in [2.75, 3.05) is 0 Å². The van der Waals surface area contributed by atoms with Crippen LogP contribution in [0.4, 0.5) is 0 Å². The van der Waals surface area contributed by atoms with Crippen LogP contribution in [0.25, 0.3) is 98.0 Å². The first kappa shape index (κ1) is 64.2. The van der Waals surface area contributed by atoms with E-state index < -0.39 is 11.1 Å². The molecule has 17 aromatic rings. The van der Waals surface area contributed by atoms with E-state index in [1.165, 1.54) is 8.80 Å². The largest absolute Gasteiger partial charge is 0.457 e. The van der Waals surface area contributed by atoms with Crippen LogP contribution in [-0.4, -0.2) is 41.9 Å². The average molecular weight is 1390 g/mol. The number of hydrogen-bond donors (Lipinski definition) is 0. The maximum absolute atomic E-state index is 16.6. The minimum Gasteiger partial charge on any atom is -0.457 e. The second-order valence-corrected chi connectivity index (χ2v) is 32.5. The Hall–Kier alpha value is -12.7. The predicted molar refractivity (Wildman–Crippen MR) is 418 cm³/mol. The highest BCUT2D eigenvalue weighted by atomic mass is 16.5. The van der Waals surface area contributed by atoms with Gasteiger partial charge in [0, 0.05) is 98.4 Å². The fourth-order valence-corrected chi connectivity index (χ4v) is 16.1. The van der Waals surface area contributed by atoms with Crippen LogP contribution in [0.15, 0.2) is 204 Å². The Morgan fingerprint density at radius 1 is 0.264 bits per heavy atom. The second-order valence-electron chi connectivity index (χ2n) is 32.5. The van der Waals surface area contributed by atoms with Gasteiger partial charge in [-0.1, -0.05) is 180 Å². The van der Waals surface area contributed by atoms with Crippen molar-refractivity contribution in [1.82, 2.24) is 18.8 Å². The zero-order valence-corrected chi connectivity index (χ0v) is 60.3. The van der Waals surface area contributed by atoms with Gasteiger partial charge >= 0.3 is 0 Å². The summed E-state index contributed by atoms with van der Waals surface area (Å²) in [5.41, 5.74) is 5.78. The number of carbonyl (C=O) groups excluding carboxylic acids is 4. The highest BCUT2D eigenvalue weighted by Gasteiger charge is 2.37. The van der Waals surface area contributed by atoms with Crippen molar-refractivity contribution in [3.05, 3.63) is 282 Å². The van der Waals surface area contributed by atoms with Crippen LogP contribution >= 0.6 is 0 Å². The molecule has 0 amide bonds. The maximum atomic E-state index is 16.6. The number of nitrogens with zero attached hydrogens (tertiary/aromatic N) is 4. The van der Waals surface area contributed by atoms with Crippen molar-refractivity contribution in [3.8, 4) is 46.0 Å². The van der Waals surface area contributed by atoms with Crippen molar-refractivity contribution in [2.45, 2.75) is 105 Å². The number of carbonyl (C=O) groups is 4. The molecule has 19 rings (SSSR count). The summed E-state index contributed by atoms with van der Waals surface area (Å²) in [6, 6.07) is 58.9. The second kappa shape index (κ2) is 21.9. The summed E-state index contributed by atoms with van der Waals surface area (Å²) in [5, 5.41) is 5.22. The summed E-state index contributed by atoms with van der Waals surface area (Å²) < 4.78 is 33.0. The van der Waals surface area contributed by atoms with Crippen molar-refractivity contribution in [3.63, 3.8) is 0 Å². The highest BCUT2D eigenvalue weighted by Crippen LogP contribution is 2.58. The molecular formula is C92H68N4O10. The molecule has 2 aliphatic rings. The third-order valence-corrected chi connectivity index (χ3v) is 21.7. The summed E-state index contributed by atoms with van der Waals surface area (Å²) in [6.07, 6.45) is 0. The van der Waals surface area contributed by atoms with Gasteiger partial charge in [0.15, 0.2) is 23.1 Å². The number of pyridine rings is 2. The summed E-state index contributed by atoms with van der Waals surface area (Å²) in [7, 11) is 0. The summed E-state index contributed by atoms with van der Waals surface area (Å²) in [5.74, 6) is 1.51. The average Bonchev–Trinajstić information content (AvgIpc) is 0.677. The number of fused-ring (bicyclic) bond motifs is 14. The van der Waals surface area contributed by atoms with E-state index in [1.807, 2.05) is 109 Å². The summed E-state index contributed by atoms with van der Waals surface area (Å²) in [6.45, 7) is 25.7. The van der Waals surface area contributed by atoms with Crippen LogP contribution < -0.4 is 30.1 Å². The lowest BCUT2D eigenvalue weighted by molar-refractivity contribution is 0.0979. The minimum absolute atomic E-state index is 0.148. The molecule has 0 radical (unpaired) electrons. The monoisotopic (exact) mass is 1390 g/mol. The van der Waals surface area contributed by atoms with Gasteiger partial charge in [-0.15, -0.1) is 0 Å². The van der Waals surface area contributed by atoms with E-state index in [9.17, 15) is 19.2 Å². The zero-order chi connectivity index (χ0) is 73.4. The van der Waals surface area contributed by atoms with Crippen LogP contribution in [0.2, 0.25) is 0 Å². The molecule has 0 fully saturated rings. The van der Waals surface area contributed by atoms with Crippen molar-refractivity contribution < 1.29 is 38.1 Å². The molecule has 0 aliphatic heterocycles. The van der Waals surface area contributed by atoms with Gasteiger partial charge in [-0.2, -0.15) is 0 Å². The Labute approximate surface area is 607 Å². The van der Waals surface area contributed by atoms with Gasteiger partial charge in [0.25, 0.3) is 11.1 Å². The third-order valence-electron chi connectivity index (χ3n) is 21.7. The van der Waals surface area contributed by atoms with E-state index in [0.29, 0.717) is 110 Å². The first-order valence-electron chi connectivity index (χ1n) is 35.7. The molecule has 13 aromatic carbocycles. The Bertz CT molecular complexity index is 6500. The normalized spacial score (nSPS) is 13.6. The molecule has 516 valence electrons. The van der Waals surface area contributed by atoms with E-state index in [4.69, 9.17) is 28.9 Å². The number of imidazole rings is 2. The predicted octanol–water partition coefficient (Wildman–Crippen LogP) is 21.2. The number of hydrogen-bond acceptors (Lipinski definition) is 12. The van der Waals surface area contributed by atoms with Crippen LogP contribution in [0.3, 0.4) is 0 Å². The number of ether oxygens (including phenoxy) is 4. The molecular weight excluding hydrogens is 1320 g/mol. The van der Waals surface area contributed by atoms with E-state index in [2.05, 4.69) is 83.1 Å². The van der Waals surface area contributed by atoms with E-state index in [0.717, 1.165) is 22.3 Å². The molecule has 14 nitrogen and oxygen atoms in total. The van der Waals surface area contributed by atoms with Gasteiger partial charge in [0.2, 0.25) is 0 Å². The van der Waals surface area contributed by atoms with Crippen molar-refractivity contribution in [2.24, 2.45) is 0 Å². The first-order valence-corrected chi connectivity index (χ1v) is 35.7. The Balaban J connectivity index is 1.03. The van der Waals surface area contributed by atoms with Gasteiger partial charge in [0.05, 0.1) is 32.8 Å². The molecule has 0 unspecified atom stereocenters.